The first-order valence-corrected chi connectivity index (χ1v) is 8.31. The van der Waals surface area contributed by atoms with Crippen LogP contribution in [0, 0.1) is 17.1 Å². The highest BCUT2D eigenvalue weighted by molar-refractivity contribution is 6.01. The lowest BCUT2D eigenvalue weighted by Gasteiger charge is -2.11. The first-order chi connectivity index (χ1) is 13.5. The number of carbonyl (C=O) groups is 2. The van der Waals surface area contributed by atoms with Crippen LogP contribution in [0.1, 0.15) is 28.5 Å². The average molecular weight is 376 g/mol. The number of nitrogens with zero attached hydrogens (tertiary/aromatic N) is 4. The van der Waals surface area contributed by atoms with E-state index >= 15 is 0 Å². The fourth-order valence-electron chi connectivity index (χ4n) is 3.12. The fraction of sp³-hybridized carbons (Fsp3) is 0.105. The number of hydrogen-bond acceptors (Lipinski definition) is 5. The number of amides is 2. The highest BCUT2D eigenvalue weighted by Gasteiger charge is 2.28. The lowest BCUT2D eigenvalue weighted by molar-refractivity contribution is -0.114. The van der Waals surface area contributed by atoms with Gasteiger partial charge in [0.2, 0.25) is 5.91 Å². The van der Waals surface area contributed by atoms with Gasteiger partial charge in [0.1, 0.15) is 5.82 Å². The van der Waals surface area contributed by atoms with Crippen LogP contribution in [-0.2, 0) is 11.3 Å². The van der Waals surface area contributed by atoms with Crippen LogP contribution < -0.4 is 10.6 Å². The maximum atomic E-state index is 14.5. The minimum Gasteiger partial charge on any atom is -0.346 e. The van der Waals surface area contributed by atoms with Crippen molar-refractivity contribution in [2.45, 2.75) is 13.5 Å². The number of aromatic nitrogens is 3. The van der Waals surface area contributed by atoms with Gasteiger partial charge in [-0.15, -0.1) is 0 Å². The molecule has 0 saturated carbocycles. The molecule has 0 atom stereocenters. The van der Waals surface area contributed by atoms with E-state index in [1.807, 2.05) is 6.07 Å². The SMILES string of the molecule is CC(=O)Nc1cnn(-c2cc(-c3c(F)cccc3C#N)nc3c2C(=O)NC3)c1. The summed E-state index contributed by atoms with van der Waals surface area (Å²) in [6, 6.07) is 7.67. The third kappa shape index (κ3) is 2.87. The van der Waals surface area contributed by atoms with E-state index in [0.29, 0.717) is 22.6 Å². The summed E-state index contributed by atoms with van der Waals surface area (Å²) in [5.41, 5.74) is 1.98. The summed E-state index contributed by atoms with van der Waals surface area (Å²) in [4.78, 5) is 27.9. The third-order valence-corrected chi connectivity index (χ3v) is 4.26. The number of carbonyl (C=O) groups excluding carboxylic acids is 2. The molecule has 1 aromatic carbocycles. The van der Waals surface area contributed by atoms with E-state index in [-0.39, 0.29) is 35.2 Å². The quantitative estimate of drug-likeness (QED) is 0.727. The van der Waals surface area contributed by atoms with Crippen molar-refractivity contribution in [2.24, 2.45) is 0 Å². The predicted octanol–water partition coefficient (Wildman–Crippen LogP) is 2.15. The molecule has 0 spiro atoms. The van der Waals surface area contributed by atoms with E-state index in [0.717, 1.165) is 0 Å². The monoisotopic (exact) mass is 376 g/mol. The molecule has 3 aromatic rings. The number of fused-ring (bicyclic) bond motifs is 1. The lowest BCUT2D eigenvalue weighted by atomic mass is 10.0. The molecule has 9 heteroatoms. The molecule has 0 aliphatic carbocycles. The molecule has 1 aliphatic rings. The standard InChI is InChI=1S/C19H13FN6O2/c1-10(27)24-12-7-23-26(9-12)16-5-14(25-15-8-22-19(28)18(15)16)17-11(6-21)3-2-4-13(17)20/h2-5,7,9H,8H2,1H3,(H,22,28)(H,24,27). The van der Waals surface area contributed by atoms with Gasteiger partial charge < -0.3 is 10.6 Å². The Labute approximate surface area is 158 Å². The summed E-state index contributed by atoms with van der Waals surface area (Å²) in [7, 11) is 0. The lowest BCUT2D eigenvalue weighted by Crippen LogP contribution is -2.14. The number of hydrogen-bond donors (Lipinski definition) is 2. The van der Waals surface area contributed by atoms with Crippen LogP contribution in [0.5, 0.6) is 0 Å². The van der Waals surface area contributed by atoms with Gasteiger partial charge in [0, 0.05) is 6.92 Å². The fourth-order valence-corrected chi connectivity index (χ4v) is 3.12. The van der Waals surface area contributed by atoms with E-state index < -0.39 is 5.82 Å². The number of halogens is 1. The highest BCUT2D eigenvalue weighted by atomic mass is 19.1. The zero-order chi connectivity index (χ0) is 19.8. The summed E-state index contributed by atoms with van der Waals surface area (Å²) in [5.74, 6) is -1.17. The van der Waals surface area contributed by atoms with Crippen molar-refractivity contribution >= 4 is 17.5 Å². The van der Waals surface area contributed by atoms with Crippen LogP contribution in [0.2, 0.25) is 0 Å². The van der Waals surface area contributed by atoms with Gasteiger partial charge in [-0.05, 0) is 18.2 Å². The molecule has 0 radical (unpaired) electrons. The maximum absolute atomic E-state index is 14.5. The second-order valence-corrected chi connectivity index (χ2v) is 6.16. The Bertz CT molecular complexity index is 1180. The number of pyridine rings is 1. The molecule has 0 bridgehead atoms. The van der Waals surface area contributed by atoms with E-state index in [1.165, 1.54) is 42.1 Å². The van der Waals surface area contributed by atoms with Crippen molar-refractivity contribution in [3.05, 3.63) is 59.3 Å². The van der Waals surface area contributed by atoms with E-state index in [4.69, 9.17) is 0 Å². The molecule has 0 unspecified atom stereocenters. The number of nitriles is 1. The molecule has 1 aliphatic heterocycles. The van der Waals surface area contributed by atoms with Crippen molar-refractivity contribution in [2.75, 3.05) is 5.32 Å². The van der Waals surface area contributed by atoms with Gasteiger partial charge in [-0.3, -0.25) is 9.59 Å². The molecule has 4 rings (SSSR count). The van der Waals surface area contributed by atoms with Gasteiger partial charge in [0.05, 0.1) is 64.5 Å². The van der Waals surface area contributed by atoms with Crippen LogP contribution in [0.3, 0.4) is 0 Å². The molecule has 3 heterocycles. The molecule has 0 saturated heterocycles. The van der Waals surface area contributed by atoms with Crippen molar-refractivity contribution in [3.63, 3.8) is 0 Å². The molecular formula is C19H13FN6O2. The predicted molar refractivity (Wildman–Crippen MR) is 96.9 cm³/mol. The highest BCUT2D eigenvalue weighted by Crippen LogP contribution is 2.31. The molecule has 2 N–H and O–H groups in total. The van der Waals surface area contributed by atoms with Crippen molar-refractivity contribution in [3.8, 4) is 23.0 Å². The Balaban J connectivity index is 1.93. The average Bonchev–Trinajstić information content (AvgIpc) is 3.27. The molecule has 2 amide bonds. The molecule has 0 fully saturated rings. The maximum Gasteiger partial charge on any atom is 0.255 e. The van der Waals surface area contributed by atoms with Crippen LogP contribution >= 0.6 is 0 Å². The van der Waals surface area contributed by atoms with Crippen molar-refractivity contribution in [1.82, 2.24) is 20.1 Å². The summed E-state index contributed by atoms with van der Waals surface area (Å²) in [6.45, 7) is 1.56. The number of nitrogens with one attached hydrogen (secondary N) is 2. The van der Waals surface area contributed by atoms with E-state index in [9.17, 15) is 19.2 Å². The Morgan fingerprint density at radius 3 is 2.96 bits per heavy atom. The second kappa shape index (κ2) is 6.59. The van der Waals surface area contributed by atoms with Crippen molar-refractivity contribution < 1.29 is 14.0 Å². The smallest absolute Gasteiger partial charge is 0.255 e. The second-order valence-electron chi connectivity index (χ2n) is 6.16. The van der Waals surface area contributed by atoms with Gasteiger partial charge in [-0.2, -0.15) is 10.4 Å². The first kappa shape index (κ1) is 17.4. The number of anilines is 1. The zero-order valence-electron chi connectivity index (χ0n) is 14.7. The topological polar surface area (TPSA) is 113 Å². The van der Waals surface area contributed by atoms with Crippen LogP contribution in [-0.4, -0.2) is 26.6 Å². The summed E-state index contributed by atoms with van der Waals surface area (Å²) >= 11 is 0. The molecule has 28 heavy (non-hydrogen) atoms. The summed E-state index contributed by atoms with van der Waals surface area (Å²) < 4.78 is 15.9. The van der Waals surface area contributed by atoms with Gasteiger partial charge in [-0.25, -0.2) is 14.1 Å². The van der Waals surface area contributed by atoms with Gasteiger partial charge in [0.15, 0.2) is 0 Å². The number of rotatable bonds is 3. The van der Waals surface area contributed by atoms with E-state index in [2.05, 4.69) is 20.7 Å². The van der Waals surface area contributed by atoms with Crippen LogP contribution in [0.15, 0.2) is 36.7 Å². The molecule has 138 valence electrons. The first-order valence-electron chi connectivity index (χ1n) is 8.31. The Hall–Kier alpha value is -4.06. The minimum absolute atomic E-state index is 0.0580. The normalized spacial score (nSPS) is 12.2. The van der Waals surface area contributed by atoms with Gasteiger partial charge in [0.25, 0.3) is 5.91 Å². The zero-order valence-corrected chi connectivity index (χ0v) is 14.7. The Morgan fingerprint density at radius 1 is 1.39 bits per heavy atom. The number of benzene rings is 1. The van der Waals surface area contributed by atoms with Crippen LogP contribution in [0.25, 0.3) is 16.9 Å². The van der Waals surface area contributed by atoms with Gasteiger partial charge in [-0.1, -0.05) is 6.07 Å². The molecular weight excluding hydrogens is 363 g/mol. The van der Waals surface area contributed by atoms with E-state index in [1.54, 1.807) is 6.20 Å². The van der Waals surface area contributed by atoms with Crippen molar-refractivity contribution in [1.29, 1.82) is 5.26 Å². The van der Waals surface area contributed by atoms with Gasteiger partial charge >= 0.3 is 0 Å². The largest absolute Gasteiger partial charge is 0.346 e. The minimum atomic E-state index is -0.589. The molecule has 8 nitrogen and oxygen atoms in total. The Morgan fingerprint density at radius 2 is 2.21 bits per heavy atom. The molecule has 2 aromatic heterocycles. The summed E-state index contributed by atoms with van der Waals surface area (Å²) in [6.07, 6.45) is 2.98. The van der Waals surface area contributed by atoms with Crippen LogP contribution in [0.4, 0.5) is 10.1 Å². The Kier molecular flexibility index (Phi) is 4.08. The summed E-state index contributed by atoms with van der Waals surface area (Å²) in [5, 5.41) is 18.8. The third-order valence-electron chi connectivity index (χ3n) is 4.26.